The van der Waals surface area contributed by atoms with E-state index < -0.39 is 59.2 Å². The molecule has 1 aliphatic heterocycles. The summed E-state index contributed by atoms with van der Waals surface area (Å²) in [7, 11) is -4.27. The smallest absolute Gasteiger partial charge is 0.388 e. The highest BCUT2D eigenvalue weighted by Crippen LogP contribution is 2.33. The van der Waals surface area contributed by atoms with E-state index in [9.17, 15) is 31.8 Å². The molecule has 172 valence electrons. The van der Waals surface area contributed by atoms with Crippen molar-refractivity contribution in [3.05, 3.63) is 47.9 Å². The first-order valence-corrected chi connectivity index (χ1v) is 10.6. The lowest BCUT2D eigenvalue weighted by molar-refractivity contribution is -0.104. The van der Waals surface area contributed by atoms with Gasteiger partial charge in [0.1, 0.15) is 34.2 Å². The molecule has 3 rings (SSSR count). The Labute approximate surface area is 181 Å². The third-order valence-corrected chi connectivity index (χ3v) is 6.77. The number of β-amino-alcohol motifs (C(OH)–C–C–N with tert-alkyl or cyclic N) is 1. The Kier molecular flexibility index (Phi) is 6.61. The zero-order valence-corrected chi connectivity index (χ0v) is 17.3. The highest BCUT2D eigenvalue weighted by atomic mass is 32.2. The maximum atomic E-state index is 13.9. The molecule has 2 heterocycles. The van der Waals surface area contributed by atoms with Crippen molar-refractivity contribution in [2.24, 2.45) is 0 Å². The van der Waals surface area contributed by atoms with Crippen LogP contribution in [0.5, 0.6) is 11.6 Å². The molecule has 0 aliphatic carbocycles. The van der Waals surface area contributed by atoms with E-state index in [0.29, 0.717) is 0 Å². The van der Waals surface area contributed by atoms with Gasteiger partial charge < -0.3 is 19.7 Å². The van der Waals surface area contributed by atoms with Crippen molar-refractivity contribution in [1.82, 2.24) is 9.29 Å². The number of aromatic nitrogens is 1. The lowest BCUT2D eigenvalue weighted by atomic mass is 9.94. The summed E-state index contributed by atoms with van der Waals surface area (Å²) in [6.07, 6.45) is -1.91. The number of aliphatic hydroxyl groups excluding tert-OH is 1. The summed E-state index contributed by atoms with van der Waals surface area (Å²) in [5, 5.41) is 29.9. The third kappa shape index (κ3) is 4.63. The van der Waals surface area contributed by atoms with E-state index in [4.69, 9.17) is 10.00 Å². The number of ether oxygens (including phenoxy) is 2. The van der Waals surface area contributed by atoms with Gasteiger partial charge in [0.05, 0.1) is 24.4 Å². The number of benzene rings is 1. The molecule has 0 radical (unpaired) electrons. The van der Waals surface area contributed by atoms with E-state index in [0.717, 1.165) is 34.8 Å². The van der Waals surface area contributed by atoms with Crippen molar-refractivity contribution >= 4 is 10.0 Å². The zero-order valence-electron chi connectivity index (χ0n) is 16.5. The average molecular weight is 473 g/mol. The van der Waals surface area contributed by atoms with Crippen LogP contribution in [0.25, 0.3) is 0 Å². The van der Waals surface area contributed by atoms with Crippen molar-refractivity contribution in [2.45, 2.75) is 36.2 Å². The summed E-state index contributed by atoms with van der Waals surface area (Å²) in [4.78, 5) is 3.16. The van der Waals surface area contributed by atoms with Crippen LogP contribution in [0.15, 0.2) is 41.4 Å². The Morgan fingerprint density at radius 1 is 1.34 bits per heavy atom. The summed E-state index contributed by atoms with van der Waals surface area (Å²) in [6.45, 7) is -2.87. The molecular formula is C19H18F3N3O6S. The van der Waals surface area contributed by atoms with Crippen LogP contribution in [0.4, 0.5) is 13.2 Å². The number of alkyl halides is 2. The van der Waals surface area contributed by atoms with Gasteiger partial charge in [0, 0.05) is 18.7 Å². The molecule has 1 saturated heterocycles. The summed E-state index contributed by atoms with van der Waals surface area (Å²) in [5.41, 5.74) is -2.28. The summed E-state index contributed by atoms with van der Waals surface area (Å²) in [5.74, 6) is -1.44. The second-order valence-electron chi connectivity index (χ2n) is 7.04. The fourth-order valence-electron chi connectivity index (χ4n) is 3.17. The molecule has 1 aromatic heterocycles. The molecule has 0 unspecified atom stereocenters. The first-order valence-electron chi connectivity index (χ1n) is 9.15. The molecule has 0 saturated carbocycles. The number of hydrogen-bond donors (Lipinski definition) is 2. The highest BCUT2D eigenvalue weighted by molar-refractivity contribution is 7.89. The van der Waals surface area contributed by atoms with E-state index in [-0.39, 0.29) is 16.2 Å². The predicted molar refractivity (Wildman–Crippen MR) is 102 cm³/mol. The average Bonchev–Trinajstić information content (AvgIpc) is 3.07. The first kappa shape index (κ1) is 23.7. The van der Waals surface area contributed by atoms with Gasteiger partial charge in [0.15, 0.2) is 0 Å². The maximum Gasteiger partial charge on any atom is 0.388 e. The Balaban J connectivity index is 1.86. The molecule has 1 aliphatic rings. The molecule has 2 aromatic rings. The van der Waals surface area contributed by atoms with Crippen LogP contribution >= 0.6 is 0 Å². The van der Waals surface area contributed by atoms with Gasteiger partial charge in [-0.3, -0.25) is 0 Å². The van der Waals surface area contributed by atoms with Crippen molar-refractivity contribution < 1.29 is 41.3 Å². The molecule has 1 fully saturated rings. The minimum atomic E-state index is -4.27. The molecule has 0 amide bonds. The number of rotatable bonds is 7. The van der Waals surface area contributed by atoms with Gasteiger partial charge in [0.25, 0.3) is 0 Å². The molecular weight excluding hydrogens is 455 g/mol. The van der Waals surface area contributed by atoms with Crippen molar-refractivity contribution in [3.63, 3.8) is 0 Å². The van der Waals surface area contributed by atoms with Gasteiger partial charge in [0.2, 0.25) is 15.9 Å². The monoisotopic (exact) mass is 473 g/mol. The molecule has 9 nitrogen and oxygen atoms in total. The quantitative estimate of drug-likeness (QED) is 0.614. The van der Waals surface area contributed by atoms with Gasteiger partial charge >= 0.3 is 6.61 Å². The third-order valence-electron chi connectivity index (χ3n) is 4.98. The Bertz CT molecular complexity index is 1120. The number of pyridine rings is 1. The van der Waals surface area contributed by atoms with Crippen LogP contribution in [0.2, 0.25) is 0 Å². The van der Waals surface area contributed by atoms with Gasteiger partial charge in [-0.05, 0) is 25.1 Å². The SMILES string of the molecule is C[C@@H](O)[C@]1(O)CN(S(=O)(=O)c2ccc(OC(F)F)nc2)C[C@@H]1Oc1ccc(C#N)c(F)c1. The van der Waals surface area contributed by atoms with E-state index in [1.165, 1.54) is 13.0 Å². The van der Waals surface area contributed by atoms with Gasteiger partial charge in [-0.1, -0.05) is 0 Å². The van der Waals surface area contributed by atoms with Gasteiger partial charge in [-0.15, -0.1) is 0 Å². The number of halogens is 3. The lowest BCUT2D eigenvalue weighted by Crippen LogP contribution is -2.53. The minimum Gasteiger partial charge on any atom is -0.486 e. The number of hydrogen-bond acceptors (Lipinski definition) is 8. The normalized spacial score (nSPS) is 22.5. The number of nitrogens with zero attached hydrogens (tertiary/aromatic N) is 3. The Morgan fingerprint density at radius 2 is 2.06 bits per heavy atom. The molecule has 0 spiro atoms. The zero-order chi connectivity index (χ0) is 23.7. The largest absolute Gasteiger partial charge is 0.486 e. The van der Waals surface area contributed by atoms with Crippen molar-refractivity contribution in [1.29, 1.82) is 5.26 Å². The van der Waals surface area contributed by atoms with Crippen molar-refractivity contribution in [3.8, 4) is 17.7 Å². The van der Waals surface area contributed by atoms with Crippen molar-refractivity contribution in [2.75, 3.05) is 13.1 Å². The summed E-state index contributed by atoms with van der Waals surface area (Å²) >= 11 is 0. The molecule has 13 heteroatoms. The standard InChI is InChI=1S/C19H18F3N3O6S/c1-11(26)19(27)10-25(9-16(19)30-13-3-2-12(7-23)15(20)6-13)32(28,29)14-4-5-17(24-8-14)31-18(21)22/h2-6,8,11,16,18,26-27H,9-10H2,1H3/t11-,16+,19-/m1/s1. The fourth-order valence-corrected chi connectivity index (χ4v) is 4.60. The maximum absolute atomic E-state index is 13.9. The molecule has 32 heavy (non-hydrogen) atoms. The van der Waals surface area contributed by atoms with E-state index in [2.05, 4.69) is 9.72 Å². The first-order chi connectivity index (χ1) is 15.0. The second kappa shape index (κ2) is 8.91. The molecule has 0 bridgehead atoms. The van der Waals surface area contributed by atoms with Crippen LogP contribution in [-0.2, 0) is 10.0 Å². The predicted octanol–water partition coefficient (Wildman–Crippen LogP) is 1.26. The topological polar surface area (TPSA) is 133 Å². The number of nitriles is 1. The van der Waals surface area contributed by atoms with Crippen LogP contribution < -0.4 is 9.47 Å². The Hall–Kier alpha value is -2.92. The minimum absolute atomic E-state index is 0.0833. The molecule has 1 aromatic carbocycles. The fraction of sp³-hybridized carbons (Fsp3) is 0.368. The van der Waals surface area contributed by atoms with E-state index in [1.54, 1.807) is 6.07 Å². The Morgan fingerprint density at radius 3 is 2.59 bits per heavy atom. The second-order valence-corrected chi connectivity index (χ2v) is 8.97. The van der Waals surface area contributed by atoms with Crippen LogP contribution in [0.1, 0.15) is 12.5 Å². The van der Waals surface area contributed by atoms with Crippen LogP contribution in [0, 0.1) is 17.1 Å². The number of aliphatic hydroxyl groups is 2. The lowest BCUT2D eigenvalue weighted by Gasteiger charge is -2.31. The van der Waals surface area contributed by atoms with Crippen LogP contribution in [0.3, 0.4) is 0 Å². The highest BCUT2D eigenvalue weighted by Gasteiger charge is 2.53. The molecule has 2 N–H and O–H groups in total. The van der Waals surface area contributed by atoms with E-state index >= 15 is 0 Å². The van der Waals surface area contributed by atoms with Gasteiger partial charge in [-0.25, -0.2) is 17.8 Å². The molecule has 3 atom stereocenters. The number of sulfonamides is 1. The van der Waals surface area contributed by atoms with Gasteiger partial charge in [-0.2, -0.15) is 18.3 Å². The summed E-state index contributed by atoms with van der Waals surface area (Å²) < 4.78 is 74.8. The van der Waals surface area contributed by atoms with Crippen LogP contribution in [-0.4, -0.2) is 65.4 Å². The van der Waals surface area contributed by atoms with E-state index in [1.807, 2.05) is 0 Å². The summed E-state index contributed by atoms with van der Waals surface area (Å²) in [6, 6.07) is 6.93.